The number of oxime groups is 1. The standard InChI is InChI=1S/C51H54N6O15S/c1-46(2,3)69-42(62)49(20-21-49)72-55-37(33-27-73-44(53-33)54-45(64)71-48(7,8)9)38(58)52-32-26-65-57(40(32)60)50(43(63)70-47(4,5)6)24-34(41(61)68-50)56-25-28-22-35-36(23-31(28)39(56)59)67-51(66-35,29-16-12-10-13-17-29)30-18-14-11-15-19-30/h10-19,22-23,27,32,34H,20-21,24-26H2,1-9H3,(H,52,58)(H,53,54,64)/b55-37-/t32-,34-,50?/m0/s1. The van der Waals surface area contributed by atoms with Crippen LogP contribution < -0.4 is 20.1 Å². The van der Waals surface area contributed by atoms with Gasteiger partial charge in [0.25, 0.3) is 17.7 Å². The lowest BCUT2D eigenvalue weighted by atomic mass is 9.97. The maximum atomic E-state index is 14.5. The minimum absolute atomic E-state index is 0.0138. The molecule has 1 saturated carbocycles. The summed E-state index contributed by atoms with van der Waals surface area (Å²) in [6, 6.07) is 18.9. The first-order valence-corrected chi connectivity index (χ1v) is 24.3. The predicted octanol–water partition coefficient (Wildman–Crippen LogP) is 6.03. The number of cyclic esters (lactones) is 1. The SMILES string of the molecule is CC(C)(C)OC(=O)Nc1nc(/C(=N/OC2(C(=O)OC(C)(C)C)CC2)C(=O)N[C@H]2CON(C3(C(=O)OC(C)(C)C)C[C@H](N4Cc5cc6c(cc5C4=O)OC(c4ccccc4)(c4ccccc4)O6)C(=O)O3)C2=O)cs1. The van der Waals surface area contributed by atoms with Gasteiger partial charge in [-0.1, -0.05) is 65.8 Å². The van der Waals surface area contributed by atoms with Crippen LogP contribution in [-0.4, -0.2) is 109 Å². The zero-order valence-electron chi connectivity index (χ0n) is 41.5. The Labute approximate surface area is 423 Å². The minimum atomic E-state index is -2.58. The number of amides is 4. The van der Waals surface area contributed by atoms with E-state index in [-0.39, 0.29) is 41.5 Å². The molecule has 2 N–H and O–H groups in total. The van der Waals surface area contributed by atoms with Crippen LogP contribution in [0.3, 0.4) is 0 Å². The molecule has 1 unspecified atom stereocenters. The summed E-state index contributed by atoms with van der Waals surface area (Å²) in [5, 5.41) is 11.0. The number of nitrogens with one attached hydrogen (secondary N) is 2. The minimum Gasteiger partial charge on any atom is -0.457 e. The Hall–Kier alpha value is -7.59. The lowest BCUT2D eigenvalue weighted by Gasteiger charge is -2.35. The van der Waals surface area contributed by atoms with Crippen molar-refractivity contribution in [3.8, 4) is 11.5 Å². The second-order valence-corrected chi connectivity index (χ2v) is 21.9. The Bertz CT molecular complexity index is 2900. The summed E-state index contributed by atoms with van der Waals surface area (Å²) in [5.41, 5.74) is -5.46. The molecule has 3 atom stereocenters. The number of carbonyl (C=O) groups is 7. The third kappa shape index (κ3) is 10.00. The number of carbonyl (C=O) groups excluding carboxylic acids is 7. The lowest BCUT2D eigenvalue weighted by Crippen LogP contribution is -2.59. The molecule has 4 aromatic rings. The fourth-order valence-corrected chi connectivity index (χ4v) is 9.05. The first-order chi connectivity index (χ1) is 34.3. The summed E-state index contributed by atoms with van der Waals surface area (Å²) < 4.78 is 35.6. The number of aromatic nitrogens is 1. The molecule has 73 heavy (non-hydrogen) atoms. The fraction of sp³-hybridized carbons (Fsp3) is 0.431. The van der Waals surface area contributed by atoms with Gasteiger partial charge in [-0.05, 0) is 80.0 Å². The summed E-state index contributed by atoms with van der Waals surface area (Å²) in [4.78, 5) is 114. The molecule has 3 fully saturated rings. The molecule has 2 saturated heterocycles. The van der Waals surface area contributed by atoms with E-state index < -0.39 is 106 Å². The molecule has 9 rings (SSSR count). The number of rotatable bonds is 12. The molecule has 3 aromatic carbocycles. The van der Waals surface area contributed by atoms with Gasteiger partial charge in [-0.25, -0.2) is 24.2 Å². The van der Waals surface area contributed by atoms with Crippen molar-refractivity contribution < 1.29 is 71.7 Å². The number of benzene rings is 3. The summed E-state index contributed by atoms with van der Waals surface area (Å²) >= 11 is 0.919. The number of anilines is 1. The molecule has 21 nitrogen and oxygen atoms in total. The van der Waals surface area contributed by atoms with Gasteiger partial charge < -0.3 is 43.5 Å². The van der Waals surface area contributed by atoms with Crippen molar-refractivity contribution in [1.29, 1.82) is 0 Å². The van der Waals surface area contributed by atoms with E-state index in [0.29, 0.717) is 27.5 Å². The van der Waals surface area contributed by atoms with Crippen molar-refractivity contribution >= 4 is 63.9 Å². The van der Waals surface area contributed by atoms with Crippen molar-refractivity contribution in [3.05, 3.63) is 106 Å². The van der Waals surface area contributed by atoms with E-state index in [1.807, 2.05) is 60.7 Å². The van der Waals surface area contributed by atoms with Crippen LogP contribution >= 0.6 is 11.3 Å². The van der Waals surface area contributed by atoms with E-state index in [0.717, 1.165) is 11.3 Å². The van der Waals surface area contributed by atoms with Crippen molar-refractivity contribution in [1.82, 2.24) is 20.3 Å². The molecule has 384 valence electrons. The Morgan fingerprint density at radius 3 is 1.96 bits per heavy atom. The van der Waals surface area contributed by atoms with Crippen LogP contribution in [0.5, 0.6) is 11.5 Å². The summed E-state index contributed by atoms with van der Waals surface area (Å²) in [6.45, 7) is 14.1. The number of hydrogen-bond acceptors (Lipinski definition) is 18. The Kier molecular flexibility index (Phi) is 12.5. The molecule has 22 heteroatoms. The molecule has 5 heterocycles. The molecule has 1 aliphatic carbocycles. The van der Waals surface area contributed by atoms with Crippen LogP contribution in [0.1, 0.15) is 114 Å². The van der Waals surface area contributed by atoms with Crippen molar-refractivity contribution in [3.63, 3.8) is 0 Å². The molecule has 4 amide bonds. The second-order valence-electron chi connectivity index (χ2n) is 21.0. The second kappa shape index (κ2) is 18.2. The average Bonchev–Trinajstić information content (AvgIpc) is 3.67. The highest BCUT2D eigenvalue weighted by Gasteiger charge is 2.65. The van der Waals surface area contributed by atoms with Gasteiger partial charge in [-0.15, -0.1) is 11.3 Å². The predicted molar refractivity (Wildman–Crippen MR) is 256 cm³/mol. The largest absolute Gasteiger partial charge is 0.457 e. The third-order valence-corrected chi connectivity index (χ3v) is 12.5. The molecular weight excluding hydrogens is 969 g/mol. The molecule has 0 bridgehead atoms. The van der Waals surface area contributed by atoms with Crippen LogP contribution in [-0.2, 0) is 64.9 Å². The van der Waals surface area contributed by atoms with Gasteiger partial charge in [0.2, 0.25) is 5.60 Å². The average molecular weight is 1020 g/mol. The van der Waals surface area contributed by atoms with E-state index >= 15 is 0 Å². The number of fused-ring (bicyclic) bond motifs is 2. The van der Waals surface area contributed by atoms with Gasteiger partial charge >= 0.3 is 35.5 Å². The summed E-state index contributed by atoms with van der Waals surface area (Å²) in [7, 11) is 0. The zero-order chi connectivity index (χ0) is 52.5. The van der Waals surface area contributed by atoms with Crippen molar-refractivity contribution in [2.24, 2.45) is 5.16 Å². The van der Waals surface area contributed by atoms with Gasteiger partial charge in [-0.2, -0.15) is 5.06 Å². The lowest BCUT2D eigenvalue weighted by molar-refractivity contribution is -0.263. The highest BCUT2D eigenvalue weighted by molar-refractivity contribution is 7.14. The van der Waals surface area contributed by atoms with Crippen molar-refractivity contribution in [2.45, 2.75) is 134 Å². The number of hydrogen-bond donors (Lipinski definition) is 2. The maximum absolute atomic E-state index is 14.5. The topological polar surface area (TPSA) is 249 Å². The molecule has 0 radical (unpaired) electrons. The van der Waals surface area contributed by atoms with E-state index in [4.69, 9.17) is 38.1 Å². The van der Waals surface area contributed by atoms with E-state index in [2.05, 4.69) is 20.8 Å². The van der Waals surface area contributed by atoms with Crippen LogP contribution in [0.2, 0.25) is 0 Å². The first-order valence-electron chi connectivity index (χ1n) is 23.5. The molecule has 4 aliphatic heterocycles. The molecular formula is C51H54N6O15S. The van der Waals surface area contributed by atoms with Gasteiger partial charge in [0.15, 0.2) is 22.3 Å². The van der Waals surface area contributed by atoms with E-state index in [1.54, 1.807) is 74.4 Å². The van der Waals surface area contributed by atoms with Gasteiger partial charge in [0, 0.05) is 41.5 Å². The quantitative estimate of drug-likeness (QED) is 0.0712. The highest BCUT2D eigenvalue weighted by atomic mass is 32.1. The number of ether oxygens (including phenoxy) is 6. The van der Waals surface area contributed by atoms with Crippen LogP contribution in [0.4, 0.5) is 9.93 Å². The monoisotopic (exact) mass is 1020 g/mol. The normalized spacial score (nSPS) is 21.8. The van der Waals surface area contributed by atoms with Gasteiger partial charge in [0.05, 0.1) is 6.42 Å². The maximum Gasteiger partial charge on any atom is 0.413 e. The molecule has 0 spiro atoms. The Balaban J connectivity index is 0.955. The third-order valence-electron chi connectivity index (χ3n) is 11.8. The Morgan fingerprint density at radius 2 is 1.37 bits per heavy atom. The molecule has 1 aromatic heterocycles. The Morgan fingerprint density at radius 1 is 0.781 bits per heavy atom. The van der Waals surface area contributed by atoms with Crippen LogP contribution in [0, 0.1) is 0 Å². The zero-order valence-corrected chi connectivity index (χ0v) is 42.3. The molecule has 5 aliphatic rings. The van der Waals surface area contributed by atoms with Crippen molar-refractivity contribution in [2.75, 3.05) is 11.9 Å². The number of thiazole rings is 1. The van der Waals surface area contributed by atoms with Gasteiger partial charge in [0.1, 0.15) is 41.2 Å². The van der Waals surface area contributed by atoms with E-state index in [1.165, 1.54) is 10.3 Å². The number of esters is 3. The fourth-order valence-electron chi connectivity index (χ4n) is 8.37. The summed E-state index contributed by atoms with van der Waals surface area (Å²) in [5.74, 6) is -6.31. The smallest absolute Gasteiger partial charge is 0.413 e. The van der Waals surface area contributed by atoms with E-state index in [9.17, 15) is 33.6 Å². The summed E-state index contributed by atoms with van der Waals surface area (Å²) in [6.07, 6.45) is -0.992. The number of hydroxylamine groups is 2. The highest BCUT2D eigenvalue weighted by Crippen LogP contribution is 2.50. The first kappa shape index (κ1) is 50.4. The van der Waals surface area contributed by atoms with Gasteiger partial charge in [-0.3, -0.25) is 24.5 Å². The van der Waals surface area contributed by atoms with Crippen LogP contribution in [0.25, 0.3) is 0 Å². The number of nitrogens with zero attached hydrogens (tertiary/aromatic N) is 4. The van der Waals surface area contributed by atoms with Crippen LogP contribution in [0.15, 0.2) is 83.3 Å².